The van der Waals surface area contributed by atoms with Gasteiger partial charge in [0.05, 0.1) is 12.8 Å². The molecule has 0 unspecified atom stereocenters. The summed E-state index contributed by atoms with van der Waals surface area (Å²) >= 11 is 1.29. The van der Waals surface area contributed by atoms with Crippen LogP contribution in [0.15, 0.2) is 24.3 Å². The van der Waals surface area contributed by atoms with Crippen LogP contribution in [-0.4, -0.2) is 18.1 Å². The highest BCUT2D eigenvalue weighted by Crippen LogP contribution is 2.31. The summed E-state index contributed by atoms with van der Waals surface area (Å²) in [6.45, 7) is 1.78. The van der Waals surface area contributed by atoms with Gasteiger partial charge in [0.2, 0.25) is 0 Å². The minimum Gasteiger partial charge on any atom is -0.465 e. The summed E-state index contributed by atoms with van der Waals surface area (Å²) in [7, 11) is 1.36. The van der Waals surface area contributed by atoms with Gasteiger partial charge in [-0.1, -0.05) is 12.1 Å². The van der Waals surface area contributed by atoms with E-state index in [1.165, 1.54) is 18.4 Å². The van der Waals surface area contributed by atoms with Crippen molar-refractivity contribution in [3.63, 3.8) is 0 Å². The number of anilines is 1. The zero-order valence-corrected chi connectivity index (χ0v) is 10.4. The van der Waals surface area contributed by atoms with E-state index in [0.717, 1.165) is 10.6 Å². The molecule has 0 fully saturated rings. The smallest absolute Gasteiger partial charge is 0.349 e. The molecule has 0 aliphatic heterocycles. The third-order valence-corrected chi connectivity index (χ3v) is 3.53. The van der Waals surface area contributed by atoms with Crippen molar-refractivity contribution in [2.24, 2.45) is 0 Å². The molecule has 0 atom stereocenters. The number of benzene rings is 1. The molecule has 2 N–H and O–H groups in total. The molecule has 2 aromatic rings. The van der Waals surface area contributed by atoms with Crippen molar-refractivity contribution in [2.75, 3.05) is 12.8 Å². The van der Waals surface area contributed by atoms with E-state index in [1.54, 1.807) is 6.92 Å². The van der Waals surface area contributed by atoms with E-state index in [-0.39, 0.29) is 5.97 Å². The number of methoxy groups -OCH3 is 1. The number of nitrogen functional groups attached to an aromatic ring is 1. The second kappa shape index (κ2) is 4.55. The lowest BCUT2D eigenvalue weighted by molar-refractivity contribution is 0.0605. The van der Waals surface area contributed by atoms with E-state index in [1.807, 2.05) is 24.3 Å². The Morgan fingerprint density at radius 3 is 2.76 bits per heavy atom. The predicted octanol–water partition coefficient (Wildman–Crippen LogP) is 2.49. The number of carbonyl (C=O) groups is 1. The van der Waals surface area contributed by atoms with Gasteiger partial charge in [-0.2, -0.15) is 0 Å². The highest BCUT2D eigenvalue weighted by atomic mass is 32.1. The summed E-state index contributed by atoms with van der Waals surface area (Å²) in [5.41, 5.74) is 8.03. The molecule has 0 radical (unpaired) electrons. The van der Waals surface area contributed by atoms with Crippen molar-refractivity contribution in [3.05, 3.63) is 34.8 Å². The first kappa shape index (κ1) is 11.6. The Balaban J connectivity index is 2.49. The maximum atomic E-state index is 11.5. The van der Waals surface area contributed by atoms with Crippen LogP contribution < -0.4 is 5.73 Å². The topological polar surface area (TPSA) is 65.2 Å². The van der Waals surface area contributed by atoms with Gasteiger partial charge in [-0.3, -0.25) is 0 Å². The number of esters is 1. The number of thiazole rings is 1. The number of hydrogen-bond acceptors (Lipinski definition) is 5. The number of rotatable bonds is 2. The molecule has 1 aromatic carbocycles. The molecule has 0 bridgehead atoms. The minimum absolute atomic E-state index is 0.360. The lowest BCUT2D eigenvalue weighted by Gasteiger charge is -1.99. The zero-order valence-electron chi connectivity index (χ0n) is 9.56. The van der Waals surface area contributed by atoms with Crippen molar-refractivity contribution in [1.29, 1.82) is 0 Å². The first-order valence-corrected chi connectivity index (χ1v) is 5.85. The summed E-state index contributed by atoms with van der Waals surface area (Å²) in [5, 5.41) is 0.737. The molecule has 1 heterocycles. The molecule has 0 saturated heterocycles. The summed E-state index contributed by atoms with van der Waals surface area (Å²) in [6, 6.07) is 7.44. The number of aryl methyl sites for hydroxylation is 1. The van der Waals surface area contributed by atoms with Crippen molar-refractivity contribution >= 4 is 23.0 Å². The molecule has 2 rings (SSSR count). The molecule has 4 nitrogen and oxygen atoms in total. The molecular weight excluding hydrogens is 236 g/mol. The Labute approximate surface area is 103 Å². The second-order valence-electron chi connectivity index (χ2n) is 3.51. The highest BCUT2D eigenvalue weighted by molar-refractivity contribution is 7.17. The van der Waals surface area contributed by atoms with Crippen molar-refractivity contribution in [1.82, 2.24) is 4.98 Å². The van der Waals surface area contributed by atoms with Gasteiger partial charge in [0.25, 0.3) is 0 Å². The van der Waals surface area contributed by atoms with Gasteiger partial charge in [-0.05, 0) is 19.1 Å². The molecule has 17 heavy (non-hydrogen) atoms. The first-order chi connectivity index (χ1) is 8.13. The van der Waals surface area contributed by atoms with E-state index >= 15 is 0 Å². The average molecular weight is 248 g/mol. The van der Waals surface area contributed by atoms with E-state index in [9.17, 15) is 4.79 Å². The fraction of sp³-hybridized carbons (Fsp3) is 0.167. The number of aromatic nitrogens is 1. The molecule has 1 aromatic heterocycles. The van der Waals surface area contributed by atoms with Crippen molar-refractivity contribution < 1.29 is 9.53 Å². The van der Waals surface area contributed by atoms with E-state index < -0.39 is 0 Å². The average Bonchev–Trinajstić information content (AvgIpc) is 2.71. The fourth-order valence-corrected chi connectivity index (χ4v) is 2.52. The van der Waals surface area contributed by atoms with Gasteiger partial charge in [0, 0.05) is 11.3 Å². The Kier molecular flexibility index (Phi) is 3.10. The van der Waals surface area contributed by atoms with Crippen LogP contribution in [0.3, 0.4) is 0 Å². The first-order valence-electron chi connectivity index (χ1n) is 5.04. The van der Waals surface area contributed by atoms with Crippen LogP contribution in [0.2, 0.25) is 0 Å². The summed E-state index contributed by atoms with van der Waals surface area (Å²) in [4.78, 5) is 16.3. The molecule has 0 spiro atoms. The maximum Gasteiger partial charge on any atom is 0.349 e. The summed E-state index contributed by atoms with van der Waals surface area (Å²) in [5.74, 6) is -0.360. The Morgan fingerprint density at radius 1 is 1.41 bits per heavy atom. The number of ether oxygens (including phenoxy) is 1. The lowest BCUT2D eigenvalue weighted by atomic mass is 10.2. The van der Waals surface area contributed by atoms with Crippen molar-refractivity contribution in [3.8, 4) is 10.6 Å². The molecule has 5 heteroatoms. The number of carbonyl (C=O) groups excluding carboxylic acids is 1. The predicted molar refractivity (Wildman–Crippen MR) is 68.0 cm³/mol. The van der Waals surface area contributed by atoms with Crippen LogP contribution in [0.4, 0.5) is 5.69 Å². The number of nitrogens with two attached hydrogens (primary N) is 1. The Morgan fingerprint density at radius 2 is 2.12 bits per heavy atom. The second-order valence-corrected chi connectivity index (χ2v) is 4.51. The lowest BCUT2D eigenvalue weighted by Crippen LogP contribution is -1.99. The quantitative estimate of drug-likeness (QED) is 0.655. The van der Waals surface area contributed by atoms with Crippen LogP contribution >= 0.6 is 11.3 Å². The third kappa shape index (κ3) is 2.14. The van der Waals surface area contributed by atoms with Crippen LogP contribution in [-0.2, 0) is 4.74 Å². The van der Waals surface area contributed by atoms with E-state index in [0.29, 0.717) is 16.3 Å². The van der Waals surface area contributed by atoms with Crippen LogP contribution in [0.1, 0.15) is 15.4 Å². The number of nitrogens with zero attached hydrogens (tertiary/aromatic N) is 1. The molecular formula is C12H12N2O2S. The third-order valence-electron chi connectivity index (χ3n) is 2.36. The normalized spacial score (nSPS) is 10.2. The molecule has 0 aliphatic carbocycles. The largest absolute Gasteiger partial charge is 0.465 e. The summed E-state index contributed by atoms with van der Waals surface area (Å²) < 4.78 is 4.70. The molecule has 0 saturated carbocycles. The highest BCUT2D eigenvalue weighted by Gasteiger charge is 2.17. The van der Waals surface area contributed by atoms with Crippen LogP contribution in [0.25, 0.3) is 10.6 Å². The Hall–Kier alpha value is -1.88. The number of hydrogen-bond donors (Lipinski definition) is 1. The van der Waals surface area contributed by atoms with Gasteiger partial charge in [0.15, 0.2) is 0 Å². The van der Waals surface area contributed by atoms with Gasteiger partial charge in [-0.25, -0.2) is 9.78 Å². The van der Waals surface area contributed by atoms with Crippen LogP contribution in [0, 0.1) is 6.92 Å². The number of para-hydroxylation sites is 1. The minimum atomic E-state index is -0.360. The van der Waals surface area contributed by atoms with Crippen LogP contribution in [0.5, 0.6) is 0 Å². The van der Waals surface area contributed by atoms with Gasteiger partial charge in [0.1, 0.15) is 9.88 Å². The van der Waals surface area contributed by atoms with E-state index in [2.05, 4.69) is 4.98 Å². The van der Waals surface area contributed by atoms with Gasteiger partial charge < -0.3 is 10.5 Å². The summed E-state index contributed by atoms with van der Waals surface area (Å²) in [6.07, 6.45) is 0. The fourth-order valence-electron chi connectivity index (χ4n) is 1.49. The van der Waals surface area contributed by atoms with Crippen molar-refractivity contribution in [2.45, 2.75) is 6.92 Å². The monoisotopic (exact) mass is 248 g/mol. The molecule has 0 amide bonds. The molecule has 0 aliphatic rings. The standard InChI is InChI=1S/C12H12N2O2S/c1-7-10(12(15)16-2)17-11(14-7)8-5-3-4-6-9(8)13/h3-6H,13H2,1-2H3. The van der Waals surface area contributed by atoms with Gasteiger partial charge >= 0.3 is 5.97 Å². The van der Waals surface area contributed by atoms with E-state index in [4.69, 9.17) is 10.5 Å². The SMILES string of the molecule is COC(=O)c1sc(-c2ccccc2N)nc1C. The molecule has 88 valence electrons. The van der Waals surface area contributed by atoms with Gasteiger partial charge in [-0.15, -0.1) is 11.3 Å². The maximum absolute atomic E-state index is 11.5. The Bertz CT molecular complexity index is 563. The zero-order chi connectivity index (χ0) is 12.4.